The summed E-state index contributed by atoms with van der Waals surface area (Å²) in [6.45, 7) is 2.27. The maximum absolute atomic E-state index is 10.00. The standard InChI is InChI=1S/C23H28N2O/c1-2-3-5-8-17-11-13-20-21-16-19(26)12-14-22(21)25(23(20)15-17)24-18-9-6-4-7-10-18/h4,6-7,9-10,12,14,16-17,24,26H,2-3,5,8,11,13,15H2,1H3. The molecule has 0 radical (unpaired) electrons. The van der Waals surface area contributed by atoms with Crippen LogP contribution < -0.4 is 5.43 Å². The summed E-state index contributed by atoms with van der Waals surface area (Å²) in [6, 6.07) is 16.1. The molecule has 0 spiro atoms. The molecule has 1 aliphatic carbocycles. The molecule has 3 heteroatoms. The van der Waals surface area contributed by atoms with Crippen molar-refractivity contribution in [3.8, 4) is 5.75 Å². The fourth-order valence-corrected chi connectivity index (χ4v) is 4.31. The Hall–Kier alpha value is -2.42. The topological polar surface area (TPSA) is 37.2 Å². The van der Waals surface area contributed by atoms with Crippen molar-refractivity contribution >= 4 is 16.6 Å². The van der Waals surface area contributed by atoms with Crippen LogP contribution in [0.25, 0.3) is 10.9 Å². The number of rotatable bonds is 6. The van der Waals surface area contributed by atoms with Crippen molar-refractivity contribution in [2.75, 3.05) is 5.43 Å². The lowest BCUT2D eigenvalue weighted by molar-refractivity contribution is 0.401. The SMILES string of the molecule is CCCCCC1CCc2c(n(Nc3ccccc3)c3ccc(O)cc23)C1. The van der Waals surface area contributed by atoms with Crippen molar-refractivity contribution in [3.63, 3.8) is 0 Å². The molecule has 26 heavy (non-hydrogen) atoms. The molecule has 2 aromatic carbocycles. The number of benzene rings is 2. The van der Waals surface area contributed by atoms with Crippen LogP contribution in [0, 0.1) is 5.92 Å². The first kappa shape index (κ1) is 17.0. The summed E-state index contributed by atoms with van der Waals surface area (Å²) < 4.78 is 2.26. The molecule has 1 aliphatic rings. The van der Waals surface area contributed by atoms with Crippen molar-refractivity contribution in [3.05, 3.63) is 59.8 Å². The van der Waals surface area contributed by atoms with Crippen molar-refractivity contribution in [2.24, 2.45) is 5.92 Å². The second-order valence-corrected chi connectivity index (χ2v) is 7.54. The van der Waals surface area contributed by atoms with E-state index in [1.165, 1.54) is 48.7 Å². The second-order valence-electron chi connectivity index (χ2n) is 7.54. The molecular weight excluding hydrogens is 320 g/mol. The van der Waals surface area contributed by atoms with E-state index >= 15 is 0 Å². The number of nitrogens with one attached hydrogen (secondary N) is 1. The number of aromatic hydroxyl groups is 1. The van der Waals surface area contributed by atoms with Crippen LogP contribution >= 0.6 is 0 Å². The van der Waals surface area contributed by atoms with Gasteiger partial charge in [0.15, 0.2) is 0 Å². The molecule has 2 N–H and O–H groups in total. The fraction of sp³-hybridized carbons (Fsp3) is 0.391. The summed E-state index contributed by atoms with van der Waals surface area (Å²) >= 11 is 0. The van der Waals surface area contributed by atoms with Crippen molar-refractivity contribution < 1.29 is 5.11 Å². The summed E-state index contributed by atoms with van der Waals surface area (Å²) in [5.41, 5.74) is 8.65. The molecule has 1 heterocycles. The van der Waals surface area contributed by atoms with Crippen LogP contribution in [0.5, 0.6) is 5.75 Å². The van der Waals surface area contributed by atoms with Crippen LogP contribution in [-0.2, 0) is 12.8 Å². The van der Waals surface area contributed by atoms with E-state index in [1.54, 1.807) is 6.07 Å². The predicted octanol–water partition coefficient (Wildman–Crippen LogP) is 5.91. The zero-order chi connectivity index (χ0) is 17.9. The minimum absolute atomic E-state index is 0.349. The van der Waals surface area contributed by atoms with Crippen LogP contribution in [0.4, 0.5) is 5.69 Å². The van der Waals surface area contributed by atoms with E-state index in [4.69, 9.17) is 0 Å². The van der Waals surface area contributed by atoms with Gasteiger partial charge in [-0.2, -0.15) is 0 Å². The lowest BCUT2D eigenvalue weighted by Gasteiger charge is -2.25. The summed E-state index contributed by atoms with van der Waals surface area (Å²) in [5.74, 6) is 1.12. The van der Waals surface area contributed by atoms with Gasteiger partial charge in [0.25, 0.3) is 0 Å². The number of hydrogen-bond donors (Lipinski definition) is 2. The van der Waals surface area contributed by atoms with E-state index in [0.717, 1.165) is 30.0 Å². The van der Waals surface area contributed by atoms with Gasteiger partial charge in [-0.25, -0.2) is 0 Å². The zero-order valence-electron chi connectivity index (χ0n) is 15.5. The lowest BCUT2D eigenvalue weighted by atomic mass is 9.84. The Morgan fingerprint density at radius 1 is 1.12 bits per heavy atom. The monoisotopic (exact) mass is 348 g/mol. The molecule has 1 aromatic heterocycles. The van der Waals surface area contributed by atoms with Gasteiger partial charge < -0.3 is 5.11 Å². The van der Waals surface area contributed by atoms with Gasteiger partial charge in [-0.3, -0.25) is 10.1 Å². The molecule has 0 saturated carbocycles. The Morgan fingerprint density at radius 3 is 2.77 bits per heavy atom. The lowest BCUT2D eigenvalue weighted by Crippen LogP contribution is -2.20. The predicted molar refractivity (Wildman–Crippen MR) is 109 cm³/mol. The second kappa shape index (κ2) is 7.45. The highest BCUT2D eigenvalue weighted by molar-refractivity contribution is 5.87. The number of phenolic OH excluding ortho intramolecular Hbond substituents is 1. The van der Waals surface area contributed by atoms with Crippen LogP contribution in [-0.4, -0.2) is 9.78 Å². The Morgan fingerprint density at radius 2 is 1.96 bits per heavy atom. The molecule has 0 aliphatic heterocycles. The molecule has 1 atom stereocenters. The smallest absolute Gasteiger partial charge is 0.116 e. The fourth-order valence-electron chi connectivity index (χ4n) is 4.31. The number of phenols is 1. The molecular formula is C23H28N2O. The van der Waals surface area contributed by atoms with Crippen molar-refractivity contribution in [2.45, 2.75) is 51.9 Å². The highest BCUT2D eigenvalue weighted by Crippen LogP contribution is 2.37. The number of aromatic nitrogens is 1. The molecule has 4 rings (SSSR count). The number of fused-ring (bicyclic) bond motifs is 3. The Kier molecular flexibility index (Phi) is 4.87. The summed E-state index contributed by atoms with van der Waals surface area (Å²) in [5, 5.41) is 11.2. The van der Waals surface area contributed by atoms with E-state index in [1.807, 2.05) is 18.2 Å². The van der Waals surface area contributed by atoms with E-state index in [-0.39, 0.29) is 0 Å². The molecule has 136 valence electrons. The van der Waals surface area contributed by atoms with Gasteiger partial charge in [-0.1, -0.05) is 50.8 Å². The van der Waals surface area contributed by atoms with Gasteiger partial charge in [-0.15, -0.1) is 0 Å². The van der Waals surface area contributed by atoms with Crippen LogP contribution in [0.2, 0.25) is 0 Å². The Labute approximate surface area is 155 Å². The molecule has 0 saturated heterocycles. The molecule has 3 nitrogen and oxygen atoms in total. The highest BCUT2D eigenvalue weighted by atomic mass is 16.3. The number of aryl methyl sites for hydroxylation is 1. The Bertz CT molecular complexity index is 882. The zero-order valence-corrected chi connectivity index (χ0v) is 15.5. The highest BCUT2D eigenvalue weighted by Gasteiger charge is 2.25. The first-order chi connectivity index (χ1) is 12.8. The maximum Gasteiger partial charge on any atom is 0.116 e. The van der Waals surface area contributed by atoms with Gasteiger partial charge in [0, 0.05) is 11.1 Å². The average Bonchev–Trinajstić information content (AvgIpc) is 2.95. The molecule has 0 fully saturated rings. The third kappa shape index (κ3) is 3.31. The molecule has 1 unspecified atom stereocenters. The third-order valence-electron chi connectivity index (χ3n) is 5.68. The first-order valence-electron chi connectivity index (χ1n) is 9.93. The van der Waals surface area contributed by atoms with Gasteiger partial charge >= 0.3 is 0 Å². The van der Waals surface area contributed by atoms with Gasteiger partial charge in [0.05, 0.1) is 11.2 Å². The van der Waals surface area contributed by atoms with E-state index in [2.05, 4.69) is 41.3 Å². The van der Waals surface area contributed by atoms with E-state index in [0.29, 0.717) is 5.75 Å². The van der Waals surface area contributed by atoms with E-state index in [9.17, 15) is 5.11 Å². The number of anilines is 1. The summed E-state index contributed by atoms with van der Waals surface area (Å²) in [7, 11) is 0. The average molecular weight is 348 g/mol. The third-order valence-corrected chi connectivity index (χ3v) is 5.68. The van der Waals surface area contributed by atoms with Gasteiger partial charge in [-0.05, 0) is 61.1 Å². The molecule has 0 amide bonds. The van der Waals surface area contributed by atoms with Gasteiger partial charge in [0.2, 0.25) is 0 Å². The van der Waals surface area contributed by atoms with E-state index < -0.39 is 0 Å². The quantitative estimate of drug-likeness (QED) is 0.544. The first-order valence-corrected chi connectivity index (χ1v) is 9.93. The number of para-hydroxylation sites is 1. The van der Waals surface area contributed by atoms with Crippen LogP contribution in [0.3, 0.4) is 0 Å². The van der Waals surface area contributed by atoms with Crippen LogP contribution in [0.15, 0.2) is 48.5 Å². The maximum atomic E-state index is 10.00. The molecule has 0 bridgehead atoms. The van der Waals surface area contributed by atoms with Crippen LogP contribution in [0.1, 0.15) is 50.3 Å². The normalized spacial score (nSPS) is 16.6. The Balaban J connectivity index is 1.71. The van der Waals surface area contributed by atoms with Crippen molar-refractivity contribution in [1.29, 1.82) is 0 Å². The molecule has 3 aromatic rings. The summed E-state index contributed by atoms with van der Waals surface area (Å²) in [6.07, 6.45) is 8.77. The number of hydrogen-bond acceptors (Lipinski definition) is 2. The van der Waals surface area contributed by atoms with Gasteiger partial charge in [0.1, 0.15) is 5.75 Å². The summed E-state index contributed by atoms with van der Waals surface area (Å²) in [4.78, 5) is 0. The minimum atomic E-state index is 0.349. The van der Waals surface area contributed by atoms with Crippen molar-refractivity contribution in [1.82, 2.24) is 4.68 Å². The largest absolute Gasteiger partial charge is 0.508 e. The number of unbranched alkanes of at least 4 members (excludes halogenated alkanes) is 2. The minimum Gasteiger partial charge on any atom is -0.508 e. The number of nitrogens with zero attached hydrogens (tertiary/aromatic N) is 1.